The van der Waals surface area contributed by atoms with Crippen molar-refractivity contribution in [3.8, 4) is 5.75 Å². The molecule has 0 bridgehead atoms. The molecule has 0 aliphatic heterocycles. The van der Waals surface area contributed by atoms with Gasteiger partial charge in [0.05, 0.1) is 6.61 Å². The molecule has 0 heterocycles. The Balaban J connectivity index is 2.66. The minimum atomic E-state index is 0.544. The fourth-order valence-electron chi connectivity index (χ4n) is 1.70. The molecule has 1 rings (SSSR count). The first kappa shape index (κ1) is 14.0. The first-order valence-electron chi connectivity index (χ1n) is 6.43. The Morgan fingerprint density at radius 3 is 2.47 bits per heavy atom. The van der Waals surface area contributed by atoms with Gasteiger partial charge in [-0.15, -0.1) is 0 Å². The number of methoxy groups -OCH3 is 1. The van der Waals surface area contributed by atoms with E-state index in [0.717, 1.165) is 31.8 Å². The van der Waals surface area contributed by atoms with Gasteiger partial charge in [-0.25, -0.2) is 0 Å². The summed E-state index contributed by atoms with van der Waals surface area (Å²) in [6.45, 7) is 8.07. The van der Waals surface area contributed by atoms with Crippen LogP contribution in [0.3, 0.4) is 0 Å². The van der Waals surface area contributed by atoms with Crippen molar-refractivity contribution >= 4 is 0 Å². The van der Waals surface area contributed by atoms with Crippen molar-refractivity contribution in [1.29, 1.82) is 0 Å². The van der Waals surface area contributed by atoms with Crippen molar-refractivity contribution in [1.82, 2.24) is 0 Å². The zero-order valence-electron chi connectivity index (χ0n) is 11.5. The van der Waals surface area contributed by atoms with Crippen molar-refractivity contribution in [3.05, 3.63) is 29.3 Å². The van der Waals surface area contributed by atoms with E-state index in [-0.39, 0.29) is 0 Å². The maximum absolute atomic E-state index is 5.76. The molecule has 1 aromatic carbocycles. The molecule has 0 unspecified atom stereocenters. The van der Waals surface area contributed by atoms with Gasteiger partial charge in [0.25, 0.3) is 0 Å². The minimum Gasteiger partial charge on any atom is -0.493 e. The highest BCUT2D eigenvalue weighted by atomic mass is 16.5. The Bertz CT molecular complexity index is 332. The quantitative estimate of drug-likeness (QED) is 0.671. The summed E-state index contributed by atoms with van der Waals surface area (Å²) in [4.78, 5) is 0. The summed E-state index contributed by atoms with van der Waals surface area (Å²) in [5.41, 5.74) is 2.70. The summed E-state index contributed by atoms with van der Waals surface area (Å²) < 4.78 is 10.8. The Labute approximate surface area is 105 Å². The number of rotatable bonds is 7. The third-order valence-electron chi connectivity index (χ3n) is 2.83. The number of ether oxygens (including phenoxy) is 2. The van der Waals surface area contributed by atoms with Gasteiger partial charge in [0.2, 0.25) is 0 Å². The van der Waals surface area contributed by atoms with Crippen LogP contribution in [0.5, 0.6) is 5.75 Å². The van der Waals surface area contributed by atoms with Crippen molar-refractivity contribution in [2.24, 2.45) is 0 Å². The lowest BCUT2D eigenvalue weighted by Crippen LogP contribution is -2.02. The van der Waals surface area contributed by atoms with Crippen LogP contribution in [0, 0.1) is 0 Å². The van der Waals surface area contributed by atoms with Gasteiger partial charge in [0.1, 0.15) is 5.75 Å². The molecule has 2 heteroatoms. The largest absolute Gasteiger partial charge is 0.493 e. The lowest BCUT2D eigenvalue weighted by atomic mass is 9.99. The SMILES string of the molecule is CCc1cc(OCCCOC)cc(C(C)C)c1. The molecule has 0 amide bonds. The average Bonchev–Trinajstić information content (AvgIpc) is 2.34. The van der Waals surface area contributed by atoms with Crippen LogP contribution in [0.1, 0.15) is 44.2 Å². The van der Waals surface area contributed by atoms with Gasteiger partial charge in [-0.1, -0.05) is 26.8 Å². The van der Waals surface area contributed by atoms with E-state index >= 15 is 0 Å². The molecular formula is C15H24O2. The second-order valence-corrected chi connectivity index (χ2v) is 4.61. The van der Waals surface area contributed by atoms with Gasteiger partial charge in [0.15, 0.2) is 0 Å². The zero-order chi connectivity index (χ0) is 12.7. The first-order chi connectivity index (χ1) is 8.17. The van der Waals surface area contributed by atoms with Crippen LogP contribution in [-0.2, 0) is 11.2 Å². The van der Waals surface area contributed by atoms with Gasteiger partial charge in [-0.05, 0) is 35.6 Å². The molecule has 0 aliphatic rings. The summed E-state index contributed by atoms with van der Waals surface area (Å²) in [6.07, 6.45) is 1.98. The first-order valence-corrected chi connectivity index (χ1v) is 6.43. The van der Waals surface area contributed by atoms with Crippen LogP contribution in [-0.4, -0.2) is 20.3 Å². The molecule has 0 radical (unpaired) electrons. The maximum atomic E-state index is 5.76. The van der Waals surface area contributed by atoms with Gasteiger partial charge < -0.3 is 9.47 Å². The zero-order valence-corrected chi connectivity index (χ0v) is 11.5. The van der Waals surface area contributed by atoms with Crippen LogP contribution in [0.15, 0.2) is 18.2 Å². The topological polar surface area (TPSA) is 18.5 Å². The van der Waals surface area contributed by atoms with Gasteiger partial charge in [-0.3, -0.25) is 0 Å². The Kier molecular flexibility index (Phi) is 6.06. The molecule has 17 heavy (non-hydrogen) atoms. The standard InChI is InChI=1S/C15H24O2/c1-5-13-9-14(12(2)3)11-15(10-13)17-8-6-7-16-4/h9-12H,5-8H2,1-4H3. The highest BCUT2D eigenvalue weighted by Gasteiger charge is 2.04. The summed E-state index contributed by atoms with van der Waals surface area (Å²) in [6, 6.07) is 6.56. The number of hydrogen-bond donors (Lipinski definition) is 0. The number of benzene rings is 1. The Hall–Kier alpha value is -1.02. The van der Waals surface area contributed by atoms with Crippen LogP contribution >= 0.6 is 0 Å². The van der Waals surface area contributed by atoms with Crippen LogP contribution < -0.4 is 4.74 Å². The van der Waals surface area contributed by atoms with E-state index in [0.29, 0.717) is 5.92 Å². The fraction of sp³-hybridized carbons (Fsp3) is 0.600. The summed E-state index contributed by atoms with van der Waals surface area (Å²) in [5, 5.41) is 0. The predicted octanol–water partition coefficient (Wildman–Crippen LogP) is 3.79. The molecule has 0 atom stereocenters. The molecular weight excluding hydrogens is 212 g/mol. The van der Waals surface area contributed by atoms with Crippen molar-refractivity contribution < 1.29 is 9.47 Å². The second-order valence-electron chi connectivity index (χ2n) is 4.61. The molecule has 0 fully saturated rings. The number of aryl methyl sites for hydroxylation is 1. The average molecular weight is 236 g/mol. The normalized spacial score (nSPS) is 10.9. The summed E-state index contributed by atoms with van der Waals surface area (Å²) in [7, 11) is 1.72. The summed E-state index contributed by atoms with van der Waals surface area (Å²) in [5.74, 6) is 1.53. The second kappa shape index (κ2) is 7.33. The molecule has 0 saturated carbocycles. The van der Waals surface area contributed by atoms with Crippen molar-refractivity contribution in [3.63, 3.8) is 0 Å². The molecule has 0 N–H and O–H groups in total. The molecule has 1 aromatic rings. The Morgan fingerprint density at radius 2 is 1.88 bits per heavy atom. The summed E-state index contributed by atoms with van der Waals surface area (Å²) >= 11 is 0. The highest BCUT2D eigenvalue weighted by molar-refractivity contribution is 5.36. The van der Waals surface area contributed by atoms with Crippen LogP contribution in [0.4, 0.5) is 0 Å². The van der Waals surface area contributed by atoms with E-state index in [1.54, 1.807) is 7.11 Å². The van der Waals surface area contributed by atoms with Crippen LogP contribution in [0.25, 0.3) is 0 Å². The van der Waals surface area contributed by atoms with Gasteiger partial charge in [0, 0.05) is 20.1 Å². The molecule has 2 nitrogen and oxygen atoms in total. The fourth-order valence-corrected chi connectivity index (χ4v) is 1.70. The van der Waals surface area contributed by atoms with Crippen molar-refractivity contribution in [2.45, 2.75) is 39.5 Å². The molecule has 96 valence electrons. The lowest BCUT2D eigenvalue weighted by molar-refractivity contribution is 0.172. The molecule has 0 aliphatic carbocycles. The smallest absolute Gasteiger partial charge is 0.119 e. The highest BCUT2D eigenvalue weighted by Crippen LogP contribution is 2.23. The monoisotopic (exact) mass is 236 g/mol. The molecule has 0 spiro atoms. The van der Waals surface area contributed by atoms with E-state index in [4.69, 9.17) is 9.47 Å². The molecule has 0 aromatic heterocycles. The van der Waals surface area contributed by atoms with Crippen molar-refractivity contribution in [2.75, 3.05) is 20.3 Å². The maximum Gasteiger partial charge on any atom is 0.119 e. The third-order valence-corrected chi connectivity index (χ3v) is 2.83. The Morgan fingerprint density at radius 1 is 1.12 bits per heavy atom. The van der Waals surface area contributed by atoms with E-state index in [2.05, 4.69) is 39.0 Å². The molecule has 0 saturated heterocycles. The predicted molar refractivity (Wildman–Crippen MR) is 71.9 cm³/mol. The number of hydrogen-bond acceptors (Lipinski definition) is 2. The third kappa shape index (κ3) is 4.78. The van der Waals surface area contributed by atoms with E-state index in [1.807, 2.05) is 0 Å². The minimum absolute atomic E-state index is 0.544. The van der Waals surface area contributed by atoms with E-state index in [9.17, 15) is 0 Å². The van der Waals surface area contributed by atoms with Gasteiger partial charge >= 0.3 is 0 Å². The van der Waals surface area contributed by atoms with E-state index in [1.165, 1.54) is 11.1 Å². The lowest BCUT2D eigenvalue weighted by Gasteiger charge is -2.12. The van der Waals surface area contributed by atoms with Crippen LogP contribution in [0.2, 0.25) is 0 Å². The van der Waals surface area contributed by atoms with E-state index < -0.39 is 0 Å². The van der Waals surface area contributed by atoms with Gasteiger partial charge in [-0.2, -0.15) is 0 Å².